The van der Waals surface area contributed by atoms with Crippen LogP contribution in [0.1, 0.15) is 12.0 Å². The smallest absolute Gasteiger partial charge is 0.155 e. The number of para-hydroxylation sites is 2. The first-order valence-corrected chi connectivity index (χ1v) is 18.1. The maximum Gasteiger partial charge on any atom is 0.155 e. The van der Waals surface area contributed by atoms with E-state index in [-0.39, 0.29) is 5.82 Å². The van der Waals surface area contributed by atoms with Crippen LogP contribution in [0.3, 0.4) is 0 Å². The average Bonchev–Trinajstić information content (AvgIpc) is 3.22. The van der Waals surface area contributed by atoms with Crippen molar-refractivity contribution in [2.75, 3.05) is 16.3 Å². The van der Waals surface area contributed by atoms with Crippen molar-refractivity contribution < 1.29 is 4.39 Å². The minimum atomic E-state index is -0.258. The van der Waals surface area contributed by atoms with Crippen molar-refractivity contribution in [1.29, 1.82) is 0 Å². The van der Waals surface area contributed by atoms with Crippen molar-refractivity contribution in [3.8, 4) is 22.3 Å². The normalized spacial score (nSPS) is 12.8. The summed E-state index contributed by atoms with van der Waals surface area (Å²) in [6.45, 7) is 0.981. The van der Waals surface area contributed by atoms with Gasteiger partial charge < -0.3 is 9.80 Å². The molecule has 0 spiro atoms. The molecule has 10 rings (SSSR count). The Morgan fingerprint density at radius 1 is 0.481 bits per heavy atom. The number of hydrogen-bond donors (Lipinski definition) is 0. The highest BCUT2D eigenvalue weighted by atomic mass is 19.1. The van der Waals surface area contributed by atoms with Crippen molar-refractivity contribution in [3.63, 3.8) is 0 Å². The second-order valence-electron chi connectivity index (χ2n) is 13.7. The fourth-order valence-electron chi connectivity index (χ4n) is 8.37. The summed E-state index contributed by atoms with van der Waals surface area (Å²) in [5.41, 5.74) is 9.67. The Balaban J connectivity index is 1.24. The highest BCUT2D eigenvalue weighted by molar-refractivity contribution is 6.28. The summed E-state index contributed by atoms with van der Waals surface area (Å²) in [4.78, 5) is 4.61. The summed E-state index contributed by atoms with van der Waals surface area (Å²) in [7, 11) is 0. The average molecular weight is 671 g/mol. The number of hydrogen-bond acceptors (Lipinski definition) is 2. The van der Waals surface area contributed by atoms with Gasteiger partial charge in [0.25, 0.3) is 0 Å². The topological polar surface area (TPSA) is 6.48 Å². The molecule has 9 aromatic rings. The maximum absolute atomic E-state index is 17.4. The predicted octanol–water partition coefficient (Wildman–Crippen LogP) is 13.6. The molecule has 1 aliphatic heterocycles. The van der Waals surface area contributed by atoms with Gasteiger partial charge in [-0.05, 0) is 99.1 Å². The van der Waals surface area contributed by atoms with E-state index < -0.39 is 0 Å². The minimum Gasteiger partial charge on any atom is -0.341 e. The number of halogens is 1. The highest BCUT2D eigenvalue weighted by Gasteiger charge is 2.25. The molecule has 0 atom stereocenters. The Hall–Kier alpha value is -6.45. The van der Waals surface area contributed by atoms with Crippen LogP contribution in [0.15, 0.2) is 176 Å². The summed E-state index contributed by atoms with van der Waals surface area (Å²) in [6.07, 6.45) is 2.22. The first-order chi connectivity index (χ1) is 25.7. The van der Waals surface area contributed by atoms with E-state index in [2.05, 4.69) is 107 Å². The number of fused-ring (bicyclic) bond motifs is 1. The SMILES string of the molecule is Fc1c(-c2ccccc2)cc(-c2ccccc2)cc1N(c1ccccc1)c1ccc2ccc3c(N4CCCc5ccccc54)ccc4ccc1c2c43. The van der Waals surface area contributed by atoms with Crippen molar-refractivity contribution >= 4 is 60.8 Å². The molecule has 248 valence electrons. The molecule has 1 heterocycles. The van der Waals surface area contributed by atoms with Crippen molar-refractivity contribution in [2.24, 2.45) is 0 Å². The molecular weight excluding hydrogens is 636 g/mol. The predicted molar refractivity (Wildman–Crippen MR) is 217 cm³/mol. The standard InChI is InChI=1S/C49H35FN2/c50-49-42(34-15-6-2-7-16-34)31-38(33-13-4-1-5-14-33)32-46(49)52(39-19-8-3-9-20-39)45-29-25-37-22-26-40-44(28-24-36-23-27-41(45)48(37)47(36)40)51-30-12-18-35-17-10-11-21-43(35)51/h1-11,13-17,19-29,31-32H,12,18,30H2. The molecular formula is C49H35FN2. The van der Waals surface area contributed by atoms with E-state index in [1.54, 1.807) is 0 Å². The van der Waals surface area contributed by atoms with E-state index >= 15 is 4.39 Å². The molecule has 9 aromatic carbocycles. The van der Waals surface area contributed by atoms with Crippen LogP contribution in [-0.4, -0.2) is 6.54 Å². The van der Waals surface area contributed by atoms with Gasteiger partial charge in [-0.15, -0.1) is 0 Å². The lowest BCUT2D eigenvalue weighted by Gasteiger charge is -2.33. The Morgan fingerprint density at radius 3 is 1.87 bits per heavy atom. The molecule has 2 nitrogen and oxygen atoms in total. The number of aryl methyl sites for hydroxylation is 1. The van der Waals surface area contributed by atoms with Crippen molar-refractivity contribution in [1.82, 2.24) is 0 Å². The Morgan fingerprint density at radius 2 is 1.10 bits per heavy atom. The number of rotatable bonds is 6. The third-order valence-corrected chi connectivity index (χ3v) is 10.8. The third kappa shape index (κ3) is 4.92. The number of benzene rings is 9. The molecule has 0 saturated heterocycles. The fourth-order valence-corrected chi connectivity index (χ4v) is 8.37. The van der Waals surface area contributed by atoms with Gasteiger partial charge in [0.05, 0.1) is 11.4 Å². The first kappa shape index (κ1) is 30.4. The van der Waals surface area contributed by atoms with Gasteiger partial charge in [0, 0.05) is 39.9 Å². The second-order valence-corrected chi connectivity index (χ2v) is 13.7. The summed E-state index contributed by atoms with van der Waals surface area (Å²) in [5, 5.41) is 7.14. The van der Waals surface area contributed by atoms with E-state index in [0.29, 0.717) is 11.3 Å². The maximum atomic E-state index is 17.4. The van der Waals surface area contributed by atoms with Gasteiger partial charge in [0.2, 0.25) is 0 Å². The zero-order valence-electron chi connectivity index (χ0n) is 28.6. The molecule has 0 fully saturated rings. The van der Waals surface area contributed by atoms with Crippen molar-refractivity contribution in [3.05, 3.63) is 187 Å². The van der Waals surface area contributed by atoms with Gasteiger partial charge in [-0.25, -0.2) is 4.39 Å². The second kappa shape index (κ2) is 12.4. The monoisotopic (exact) mass is 670 g/mol. The quantitative estimate of drug-likeness (QED) is 0.163. The Kier molecular flexibility index (Phi) is 7.24. The molecule has 0 aliphatic carbocycles. The molecule has 52 heavy (non-hydrogen) atoms. The van der Waals surface area contributed by atoms with E-state index in [0.717, 1.165) is 52.8 Å². The summed E-state index contributed by atoms with van der Waals surface area (Å²) in [6, 6.07) is 61.1. The summed E-state index contributed by atoms with van der Waals surface area (Å²) >= 11 is 0. The van der Waals surface area contributed by atoms with E-state index in [1.165, 1.54) is 43.9 Å². The van der Waals surface area contributed by atoms with Gasteiger partial charge in [0.15, 0.2) is 5.82 Å². The number of nitrogens with zero attached hydrogens (tertiary/aromatic N) is 2. The largest absolute Gasteiger partial charge is 0.341 e. The van der Waals surface area contributed by atoms with Gasteiger partial charge in [-0.2, -0.15) is 0 Å². The summed E-state index contributed by atoms with van der Waals surface area (Å²) < 4.78 is 17.4. The van der Waals surface area contributed by atoms with Crippen LogP contribution in [0, 0.1) is 5.82 Å². The van der Waals surface area contributed by atoms with Crippen LogP contribution in [0.25, 0.3) is 54.6 Å². The van der Waals surface area contributed by atoms with Crippen LogP contribution in [0.2, 0.25) is 0 Å². The zero-order valence-corrected chi connectivity index (χ0v) is 28.6. The zero-order chi connectivity index (χ0) is 34.6. The fraction of sp³-hybridized carbons (Fsp3) is 0.0612. The van der Waals surface area contributed by atoms with E-state index in [4.69, 9.17) is 0 Å². The minimum absolute atomic E-state index is 0.258. The lowest BCUT2D eigenvalue weighted by molar-refractivity contribution is 0.632. The molecule has 0 amide bonds. The van der Waals surface area contributed by atoms with Crippen molar-refractivity contribution in [2.45, 2.75) is 12.8 Å². The summed E-state index contributed by atoms with van der Waals surface area (Å²) in [5.74, 6) is -0.258. The number of anilines is 5. The molecule has 0 saturated carbocycles. The lowest BCUT2D eigenvalue weighted by Crippen LogP contribution is -2.24. The van der Waals surface area contributed by atoms with E-state index in [9.17, 15) is 0 Å². The molecule has 0 radical (unpaired) electrons. The van der Waals surface area contributed by atoms with Gasteiger partial charge in [-0.3, -0.25) is 0 Å². The molecule has 3 heteroatoms. The van der Waals surface area contributed by atoms with Crippen LogP contribution in [0.5, 0.6) is 0 Å². The molecule has 0 aromatic heterocycles. The van der Waals surface area contributed by atoms with Crippen LogP contribution < -0.4 is 9.80 Å². The molecule has 1 aliphatic rings. The van der Waals surface area contributed by atoms with Gasteiger partial charge in [0.1, 0.15) is 0 Å². The Labute approximate surface area is 303 Å². The lowest BCUT2D eigenvalue weighted by atomic mass is 9.91. The van der Waals surface area contributed by atoms with Crippen LogP contribution in [0.4, 0.5) is 32.8 Å². The molecule has 0 N–H and O–H groups in total. The van der Waals surface area contributed by atoms with E-state index in [1.807, 2.05) is 78.9 Å². The van der Waals surface area contributed by atoms with Gasteiger partial charge in [-0.1, -0.05) is 133 Å². The molecule has 0 unspecified atom stereocenters. The van der Waals surface area contributed by atoms with Gasteiger partial charge >= 0.3 is 0 Å². The first-order valence-electron chi connectivity index (χ1n) is 18.1. The van der Waals surface area contributed by atoms with Crippen LogP contribution in [-0.2, 0) is 6.42 Å². The highest BCUT2D eigenvalue weighted by Crippen LogP contribution is 2.48. The Bertz CT molecular complexity index is 2720. The third-order valence-electron chi connectivity index (χ3n) is 10.8. The molecule has 0 bridgehead atoms. The van der Waals surface area contributed by atoms with Crippen LogP contribution >= 0.6 is 0 Å².